The molecule has 0 unspecified atom stereocenters. The lowest BCUT2D eigenvalue weighted by atomic mass is 10.2. The number of thioether (sulfide) groups is 1. The smallest absolute Gasteiger partial charge is 0.225 e. The van der Waals surface area contributed by atoms with Gasteiger partial charge in [0.2, 0.25) is 11.1 Å². The molecule has 1 aromatic heterocycles. The molecule has 1 heterocycles. The number of aryl methyl sites for hydroxylation is 1. The van der Waals surface area contributed by atoms with Gasteiger partial charge in [0.25, 0.3) is 0 Å². The van der Waals surface area contributed by atoms with E-state index in [1.54, 1.807) is 18.2 Å². The third-order valence-electron chi connectivity index (χ3n) is 2.05. The van der Waals surface area contributed by atoms with E-state index < -0.39 is 0 Å². The minimum Gasteiger partial charge on any atom is -0.368 e. The lowest BCUT2D eigenvalue weighted by molar-refractivity contribution is 0.108. The maximum atomic E-state index is 11.9. The second-order valence-electron chi connectivity index (χ2n) is 3.46. The molecule has 2 rings (SSSR count). The number of hydrogen-bond donors (Lipinski definition) is 1. The van der Waals surface area contributed by atoms with Gasteiger partial charge >= 0.3 is 0 Å². The van der Waals surface area contributed by atoms with Crippen molar-refractivity contribution in [1.29, 1.82) is 0 Å². The molecule has 0 aliphatic rings. The van der Waals surface area contributed by atoms with Crippen molar-refractivity contribution in [2.24, 2.45) is 0 Å². The van der Waals surface area contributed by atoms with Crippen molar-refractivity contribution in [3.05, 3.63) is 47.7 Å². The van der Waals surface area contributed by atoms with Gasteiger partial charge in [-0.05, 0) is 24.8 Å². The molecule has 1 aromatic carbocycles. The van der Waals surface area contributed by atoms with Crippen molar-refractivity contribution in [2.45, 2.75) is 11.9 Å². The Hall–Kier alpha value is -1.88. The molecule has 0 aliphatic heterocycles. The zero-order chi connectivity index (χ0) is 12.3. The van der Waals surface area contributed by atoms with E-state index in [4.69, 9.17) is 5.73 Å². The van der Waals surface area contributed by atoms with Crippen LogP contribution < -0.4 is 5.73 Å². The molecule has 4 nitrogen and oxygen atoms in total. The second-order valence-corrected chi connectivity index (χ2v) is 4.45. The Morgan fingerprint density at radius 2 is 1.94 bits per heavy atom. The summed E-state index contributed by atoms with van der Waals surface area (Å²) >= 11 is 1.05. The minimum atomic E-state index is -0.0527. The van der Waals surface area contributed by atoms with E-state index in [2.05, 4.69) is 9.97 Å². The number of anilines is 1. The fraction of sp³-hybridized carbons (Fsp3) is 0.0833. The van der Waals surface area contributed by atoms with Gasteiger partial charge in [-0.3, -0.25) is 4.79 Å². The summed E-state index contributed by atoms with van der Waals surface area (Å²) in [4.78, 5) is 19.9. The molecule has 5 heteroatoms. The predicted octanol–water partition coefficient (Wildman–Crippen LogP) is 2.30. The van der Waals surface area contributed by atoms with Crippen molar-refractivity contribution in [1.82, 2.24) is 9.97 Å². The maximum absolute atomic E-state index is 11.9. The summed E-state index contributed by atoms with van der Waals surface area (Å²) in [5.41, 5.74) is 6.92. The molecule has 0 spiro atoms. The van der Waals surface area contributed by atoms with Crippen LogP contribution in [-0.4, -0.2) is 15.1 Å². The third-order valence-corrected chi connectivity index (χ3v) is 2.89. The highest BCUT2D eigenvalue weighted by Gasteiger charge is 2.09. The lowest BCUT2D eigenvalue weighted by Gasteiger charge is -2.02. The lowest BCUT2D eigenvalue weighted by Crippen LogP contribution is -1.99. The number of nitrogen functional groups attached to an aromatic ring is 1. The molecule has 0 amide bonds. The number of hydrogen-bond acceptors (Lipinski definition) is 5. The Balaban J connectivity index is 2.19. The molecular formula is C12H11N3OS. The molecule has 17 heavy (non-hydrogen) atoms. The summed E-state index contributed by atoms with van der Waals surface area (Å²) in [6.45, 7) is 1.81. The molecule has 0 saturated carbocycles. The summed E-state index contributed by atoms with van der Waals surface area (Å²) in [7, 11) is 0. The van der Waals surface area contributed by atoms with E-state index >= 15 is 0 Å². The zero-order valence-corrected chi connectivity index (χ0v) is 10.1. The molecule has 2 aromatic rings. The first-order valence-electron chi connectivity index (χ1n) is 5.03. The molecule has 0 bridgehead atoms. The standard InChI is InChI=1S/C12H11N3OS/c1-8-7-10(15-12(13)14-8)17-11(16)9-5-3-2-4-6-9/h2-7H,1H3,(H2,13,14,15). The summed E-state index contributed by atoms with van der Waals surface area (Å²) in [5.74, 6) is 0.188. The fourth-order valence-corrected chi connectivity index (χ4v) is 2.15. The molecule has 86 valence electrons. The average Bonchev–Trinajstić information content (AvgIpc) is 2.28. The number of aromatic nitrogens is 2. The van der Waals surface area contributed by atoms with E-state index in [0.29, 0.717) is 10.6 Å². The predicted molar refractivity (Wildman–Crippen MR) is 67.8 cm³/mol. The van der Waals surface area contributed by atoms with Gasteiger partial charge in [0, 0.05) is 11.3 Å². The van der Waals surface area contributed by atoms with E-state index in [1.807, 2.05) is 25.1 Å². The van der Waals surface area contributed by atoms with Crippen LogP contribution in [0.4, 0.5) is 5.95 Å². The molecule has 2 N–H and O–H groups in total. The largest absolute Gasteiger partial charge is 0.368 e. The van der Waals surface area contributed by atoms with Crippen molar-refractivity contribution in [3.8, 4) is 0 Å². The first-order valence-corrected chi connectivity index (χ1v) is 5.85. The first-order chi connectivity index (χ1) is 8.15. The van der Waals surface area contributed by atoms with Gasteiger partial charge in [-0.15, -0.1) is 0 Å². The Labute approximate surface area is 103 Å². The molecule has 0 radical (unpaired) electrons. The average molecular weight is 245 g/mol. The van der Waals surface area contributed by atoms with Crippen LogP contribution in [0.3, 0.4) is 0 Å². The Morgan fingerprint density at radius 1 is 1.24 bits per heavy atom. The number of nitrogens with zero attached hydrogens (tertiary/aromatic N) is 2. The summed E-state index contributed by atoms with van der Waals surface area (Å²) < 4.78 is 0. The number of benzene rings is 1. The Kier molecular flexibility index (Phi) is 3.39. The van der Waals surface area contributed by atoms with Gasteiger partial charge in [-0.25, -0.2) is 9.97 Å². The topological polar surface area (TPSA) is 68.9 Å². The summed E-state index contributed by atoms with van der Waals surface area (Å²) in [5, 5.41) is 0.520. The van der Waals surface area contributed by atoms with Crippen LogP contribution in [0.2, 0.25) is 0 Å². The van der Waals surface area contributed by atoms with Crippen molar-refractivity contribution in [2.75, 3.05) is 5.73 Å². The maximum Gasteiger partial charge on any atom is 0.225 e. The Bertz CT molecular complexity index is 522. The van der Waals surface area contributed by atoms with E-state index in [1.165, 1.54) is 0 Å². The van der Waals surface area contributed by atoms with Crippen LogP contribution in [-0.2, 0) is 0 Å². The van der Waals surface area contributed by atoms with Gasteiger partial charge in [0.15, 0.2) is 0 Å². The van der Waals surface area contributed by atoms with Crippen LogP contribution in [0, 0.1) is 6.92 Å². The second kappa shape index (κ2) is 4.97. The van der Waals surface area contributed by atoms with Crippen LogP contribution >= 0.6 is 11.8 Å². The van der Waals surface area contributed by atoms with Gasteiger partial charge in [-0.1, -0.05) is 30.3 Å². The number of rotatable bonds is 2. The zero-order valence-electron chi connectivity index (χ0n) is 9.25. The molecule has 0 aliphatic carbocycles. The number of nitrogens with two attached hydrogens (primary N) is 1. The van der Waals surface area contributed by atoms with Gasteiger partial charge in [0.05, 0.1) is 0 Å². The first kappa shape index (κ1) is 11.6. The highest BCUT2D eigenvalue weighted by Crippen LogP contribution is 2.21. The fourth-order valence-electron chi connectivity index (χ4n) is 1.34. The molecule has 0 saturated heterocycles. The SMILES string of the molecule is Cc1cc(SC(=O)c2ccccc2)nc(N)n1. The summed E-state index contributed by atoms with van der Waals surface area (Å²) in [6, 6.07) is 10.8. The van der Waals surface area contributed by atoms with Crippen molar-refractivity contribution < 1.29 is 4.79 Å². The van der Waals surface area contributed by atoms with Gasteiger partial charge < -0.3 is 5.73 Å². The van der Waals surface area contributed by atoms with Crippen LogP contribution in [0.15, 0.2) is 41.4 Å². The van der Waals surface area contributed by atoms with Crippen LogP contribution in [0.25, 0.3) is 0 Å². The van der Waals surface area contributed by atoms with E-state index in [9.17, 15) is 4.79 Å². The molecule has 0 fully saturated rings. The Morgan fingerprint density at radius 3 is 2.59 bits per heavy atom. The minimum absolute atomic E-state index is 0.0527. The monoisotopic (exact) mass is 245 g/mol. The number of carbonyl (C=O) groups excluding carboxylic acids is 1. The van der Waals surface area contributed by atoms with Crippen molar-refractivity contribution in [3.63, 3.8) is 0 Å². The quantitative estimate of drug-likeness (QED) is 0.649. The third kappa shape index (κ3) is 3.04. The van der Waals surface area contributed by atoms with Crippen LogP contribution in [0.1, 0.15) is 16.1 Å². The number of carbonyl (C=O) groups is 1. The van der Waals surface area contributed by atoms with E-state index in [-0.39, 0.29) is 11.1 Å². The van der Waals surface area contributed by atoms with Crippen LogP contribution in [0.5, 0.6) is 0 Å². The highest BCUT2D eigenvalue weighted by molar-refractivity contribution is 8.14. The highest BCUT2D eigenvalue weighted by atomic mass is 32.2. The van der Waals surface area contributed by atoms with Gasteiger partial charge in [-0.2, -0.15) is 0 Å². The van der Waals surface area contributed by atoms with E-state index in [0.717, 1.165) is 17.5 Å². The normalized spacial score (nSPS) is 10.2. The molecule has 0 atom stereocenters. The van der Waals surface area contributed by atoms with Crippen molar-refractivity contribution >= 4 is 22.8 Å². The van der Waals surface area contributed by atoms with Gasteiger partial charge in [0.1, 0.15) is 5.03 Å². The molecular weight excluding hydrogens is 234 g/mol. The summed E-state index contributed by atoms with van der Waals surface area (Å²) in [6.07, 6.45) is 0.